The molecule has 2 N–H and O–H groups in total. The third-order valence-electron chi connectivity index (χ3n) is 3.55. The van der Waals surface area contributed by atoms with Crippen LogP contribution in [0.2, 0.25) is 0 Å². The van der Waals surface area contributed by atoms with E-state index >= 15 is 0 Å². The molecule has 1 aromatic carbocycles. The summed E-state index contributed by atoms with van der Waals surface area (Å²) in [6.45, 7) is 1.80. The molecule has 2 aromatic rings. The minimum atomic E-state index is -0.707. The second-order valence-electron chi connectivity index (χ2n) is 5.37. The molecule has 0 radical (unpaired) electrons. The molecular formula is C18H15N3O5S. The van der Waals surface area contributed by atoms with Crippen molar-refractivity contribution in [3.05, 3.63) is 74.6 Å². The quantitative estimate of drug-likeness (QED) is 0.454. The number of ether oxygens (including phenoxy) is 1. The summed E-state index contributed by atoms with van der Waals surface area (Å²) < 4.78 is 5.02. The molecule has 1 aliphatic rings. The number of aromatic nitrogens is 1. The van der Waals surface area contributed by atoms with Crippen LogP contribution in [0.4, 0.5) is 11.4 Å². The molecule has 138 valence electrons. The van der Waals surface area contributed by atoms with Crippen LogP contribution >= 0.6 is 11.8 Å². The summed E-state index contributed by atoms with van der Waals surface area (Å²) in [5.74, 6) is -0.946. The summed E-state index contributed by atoms with van der Waals surface area (Å²) in [6, 6.07) is 9.33. The smallest absolute Gasteiger partial charge is 0.344 e. The summed E-state index contributed by atoms with van der Waals surface area (Å²) >= 11 is 1.08. The lowest BCUT2D eigenvalue weighted by Gasteiger charge is -2.03. The topological polar surface area (TPSA) is 118 Å². The Balaban J connectivity index is 2.04. The molecule has 1 aromatic heterocycles. The van der Waals surface area contributed by atoms with E-state index in [1.807, 2.05) is 0 Å². The van der Waals surface area contributed by atoms with Gasteiger partial charge in [0.25, 0.3) is 5.69 Å². The SMILES string of the molecule is CCOC(=O)C1=C(O)/C(=C/c2ccc[nH]2)SC1=Nc1cccc([N+](=O)[O-])c1. The molecule has 0 aliphatic carbocycles. The number of aromatic amines is 1. The highest BCUT2D eigenvalue weighted by atomic mass is 32.2. The first-order valence-corrected chi connectivity index (χ1v) is 8.78. The monoisotopic (exact) mass is 385 g/mol. The maximum absolute atomic E-state index is 12.3. The van der Waals surface area contributed by atoms with Crippen LogP contribution in [-0.2, 0) is 9.53 Å². The predicted molar refractivity (Wildman–Crippen MR) is 103 cm³/mol. The predicted octanol–water partition coefficient (Wildman–Crippen LogP) is 4.12. The zero-order valence-corrected chi connectivity index (χ0v) is 15.0. The Bertz CT molecular complexity index is 977. The minimum Gasteiger partial charge on any atom is -0.506 e. The number of carbonyl (C=O) groups excluding carboxylic acids is 1. The number of nitrogens with one attached hydrogen (secondary N) is 1. The van der Waals surface area contributed by atoms with Gasteiger partial charge >= 0.3 is 5.97 Å². The highest BCUT2D eigenvalue weighted by Crippen LogP contribution is 2.40. The number of benzene rings is 1. The number of aliphatic hydroxyl groups is 1. The highest BCUT2D eigenvalue weighted by molar-refractivity contribution is 8.18. The van der Waals surface area contributed by atoms with E-state index in [1.54, 1.807) is 37.4 Å². The molecule has 2 heterocycles. The molecule has 8 nitrogen and oxygen atoms in total. The average Bonchev–Trinajstić information content (AvgIpc) is 3.24. The van der Waals surface area contributed by atoms with Gasteiger partial charge in [0.2, 0.25) is 0 Å². The largest absolute Gasteiger partial charge is 0.506 e. The van der Waals surface area contributed by atoms with E-state index in [9.17, 15) is 20.0 Å². The molecule has 0 saturated carbocycles. The number of nitro groups is 1. The first-order chi connectivity index (χ1) is 13.0. The van der Waals surface area contributed by atoms with E-state index in [2.05, 4.69) is 9.98 Å². The lowest BCUT2D eigenvalue weighted by atomic mass is 10.2. The third kappa shape index (κ3) is 4.09. The van der Waals surface area contributed by atoms with Crippen LogP contribution in [0.3, 0.4) is 0 Å². The number of thioether (sulfide) groups is 1. The summed E-state index contributed by atoms with van der Waals surface area (Å²) in [7, 11) is 0. The van der Waals surface area contributed by atoms with Gasteiger partial charge in [0.1, 0.15) is 16.4 Å². The van der Waals surface area contributed by atoms with Crippen molar-refractivity contribution >= 4 is 40.2 Å². The Morgan fingerprint density at radius 3 is 2.89 bits per heavy atom. The standard InChI is InChI=1S/C18H15N3O5S/c1-2-26-18(23)15-16(22)14(10-11-6-4-8-19-11)27-17(15)20-12-5-3-7-13(9-12)21(24)25/h3-10,19,22H,2H2,1H3/b14-10-,20-17?. The summed E-state index contributed by atoms with van der Waals surface area (Å²) in [6.07, 6.45) is 3.41. The number of aliphatic hydroxyl groups excluding tert-OH is 1. The minimum absolute atomic E-state index is 0.0637. The van der Waals surface area contributed by atoms with Crippen molar-refractivity contribution < 1.29 is 19.6 Å². The molecule has 1 aliphatic heterocycles. The number of hydrogen-bond acceptors (Lipinski definition) is 7. The van der Waals surface area contributed by atoms with Gasteiger partial charge in [-0.3, -0.25) is 10.1 Å². The van der Waals surface area contributed by atoms with Crippen LogP contribution in [0.1, 0.15) is 12.6 Å². The first kappa shape index (κ1) is 18.5. The number of nitrogens with zero attached hydrogens (tertiary/aromatic N) is 2. The van der Waals surface area contributed by atoms with Gasteiger partial charge in [0.05, 0.1) is 22.1 Å². The van der Waals surface area contributed by atoms with Crippen LogP contribution in [-0.4, -0.2) is 32.6 Å². The van der Waals surface area contributed by atoms with Crippen molar-refractivity contribution in [1.82, 2.24) is 4.98 Å². The molecular weight excluding hydrogens is 370 g/mol. The van der Waals surface area contributed by atoms with E-state index in [1.165, 1.54) is 18.2 Å². The molecule has 0 saturated heterocycles. The van der Waals surface area contributed by atoms with Gasteiger partial charge in [-0.15, -0.1) is 0 Å². The second-order valence-corrected chi connectivity index (χ2v) is 6.40. The maximum Gasteiger partial charge on any atom is 0.344 e. The Morgan fingerprint density at radius 1 is 1.41 bits per heavy atom. The molecule has 9 heteroatoms. The van der Waals surface area contributed by atoms with E-state index in [-0.39, 0.29) is 28.7 Å². The molecule has 0 fully saturated rings. The van der Waals surface area contributed by atoms with Crippen LogP contribution in [0.5, 0.6) is 0 Å². The number of hydrogen-bond donors (Lipinski definition) is 2. The summed E-state index contributed by atoms with van der Waals surface area (Å²) in [5.41, 5.74) is 0.852. The van der Waals surface area contributed by atoms with E-state index in [0.29, 0.717) is 10.6 Å². The Labute approximate surface area is 158 Å². The van der Waals surface area contributed by atoms with Crippen LogP contribution in [0.15, 0.2) is 63.8 Å². The molecule has 0 atom stereocenters. The van der Waals surface area contributed by atoms with Gasteiger partial charge < -0.3 is 14.8 Å². The second kappa shape index (κ2) is 7.92. The highest BCUT2D eigenvalue weighted by Gasteiger charge is 2.33. The van der Waals surface area contributed by atoms with Crippen LogP contribution in [0, 0.1) is 10.1 Å². The number of H-pyrrole nitrogens is 1. The zero-order valence-electron chi connectivity index (χ0n) is 14.2. The Kier molecular flexibility index (Phi) is 5.41. The first-order valence-electron chi connectivity index (χ1n) is 7.96. The van der Waals surface area contributed by atoms with E-state index < -0.39 is 10.9 Å². The number of rotatable bonds is 5. The summed E-state index contributed by atoms with van der Waals surface area (Å²) in [5, 5.41) is 21.7. The molecule has 27 heavy (non-hydrogen) atoms. The number of carbonyl (C=O) groups is 1. The van der Waals surface area contributed by atoms with E-state index in [4.69, 9.17) is 4.74 Å². The molecule has 0 unspecified atom stereocenters. The van der Waals surface area contributed by atoms with Crippen molar-refractivity contribution in [2.75, 3.05) is 6.61 Å². The van der Waals surface area contributed by atoms with Crippen molar-refractivity contribution in [3.8, 4) is 0 Å². The Morgan fingerprint density at radius 2 is 2.22 bits per heavy atom. The van der Waals surface area contributed by atoms with Gasteiger partial charge in [-0.05, 0) is 31.2 Å². The fourth-order valence-corrected chi connectivity index (χ4v) is 3.39. The van der Waals surface area contributed by atoms with Crippen molar-refractivity contribution in [2.24, 2.45) is 4.99 Å². The number of non-ortho nitro benzene ring substituents is 1. The van der Waals surface area contributed by atoms with Gasteiger partial charge in [-0.2, -0.15) is 0 Å². The molecule has 3 rings (SSSR count). The number of aliphatic imine (C=N–C) groups is 1. The fourth-order valence-electron chi connectivity index (χ4n) is 2.36. The normalized spacial score (nSPS) is 16.9. The lowest BCUT2D eigenvalue weighted by molar-refractivity contribution is -0.384. The Hall–Kier alpha value is -3.33. The maximum atomic E-state index is 12.3. The lowest BCUT2D eigenvalue weighted by Crippen LogP contribution is -2.12. The van der Waals surface area contributed by atoms with Crippen LogP contribution < -0.4 is 0 Å². The summed E-state index contributed by atoms with van der Waals surface area (Å²) in [4.78, 5) is 30.4. The van der Waals surface area contributed by atoms with Gasteiger partial charge in [-0.25, -0.2) is 9.79 Å². The van der Waals surface area contributed by atoms with E-state index in [0.717, 1.165) is 17.5 Å². The van der Waals surface area contributed by atoms with Gasteiger partial charge in [0.15, 0.2) is 0 Å². The zero-order chi connectivity index (χ0) is 19.4. The third-order valence-corrected chi connectivity index (χ3v) is 4.57. The molecule has 0 spiro atoms. The number of esters is 1. The van der Waals surface area contributed by atoms with Crippen LogP contribution in [0.25, 0.3) is 6.08 Å². The average molecular weight is 385 g/mol. The fraction of sp³-hybridized carbons (Fsp3) is 0.111. The van der Waals surface area contributed by atoms with Crippen molar-refractivity contribution in [3.63, 3.8) is 0 Å². The number of nitro benzene ring substituents is 1. The van der Waals surface area contributed by atoms with Crippen molar-refractivity contribution in [1.29, 1.82) is 0 Å². The van der Waals surface area contributed by atoms with Gasteiger partial charge in [0, 0.05) is 24.0 Å². The molecule has 0 bridgehead atoms. The van der Waals surface area contributed by atoms with Gasteiger partial charge in [-0.1, -0.05) is 17.8 Å². The van der Waals surface area contributed by atoms with Crippen molar-refractivity contribution in [2.45, 2.75) is 6.92 Å². The molecule has 0 amide bonds.